The van der Waals surface area contributed by atoms with Gasteiger partial charge in [0.25, 0.3) is 0 Å². The van der Waals surface area contributed by atoms with Crippen molar-refractivity contribution in [2.75, 3.05) is 24.3 Å². The van der Waals surface area contributed by atoms with E-state index in [9.17, 15) is 0 Å². The van der Waals surface area contributed by atoms with Crippen LogP contribution in [0.4, 0.5) is 5.82 Å². The van der Waals surface area contributed by atoms with Crippen molar-refractivity contribution in [1.82, 2.24) is 9.97 Å². The first kappa shape index (κ1) is 13.4. The summed E-state index contributed by atoms with van der Waals surface area (Å²) in [4.78, 5) is 8.41. The molecule has 0 radical (unpaired) electrons. The van der Waals surface area contributed by atoms with Crippen LogP contribution in [0, 0.1) is 12.3 Å². The van der Waals surface area contributed by atoms with E-state index in [1.165, 1.54) is 12.8 Å². The van der Waals surface area contributed by atoms with Gasteiger partial charge in [0.1, 0.15) is 12.1 Å². The molecule has 5 heteroatoms. The zero-order valence-corrected chi connectivity index (χ0v) is 11.8. The molecule has 0 atom stereocenters. The number of nitrogens with zero attached hydrogens (tertiary/aromatic N) is 2. The second kappa shape index (κ2) is 5.74. The van der Waals surface area contributed by atoms with Crippen LogP contribution in [-0.4, -0.2) is 29.0 Å². The molecule has 0 spiro atoms. The molecule has 0 saturated heterocycles. The Kier molecular flexibility index (Phi) is 4.27. The van der Waals surface area contributed by atoms with Crippen molar-refractivity contribution in [3.8, 4) is 5.88 Å². The van der Waals surface area contributed by atoms with Crippen molar-refractivity contribution >= 4 is 17.4 Å². The Morgan fingerprint density at radius 2 is 2.22 bits per heavy atom. The first-order valence-electron chi connectivity index (χ1n) is 6.45. The van der Waals surface area contributed by atoms with Crippen LogP contribution in [0.25, 0.3) is 0 Å². The summed E-state index contributed by atoms with van der Waals surface area (Å²) in [5.41, 5.74) is 1.37. The lowest BCUT2D eigenvalue weighted by atomic mass is 10.0. The maximum absolute atomic E-state index is 5.83. The van der Waals surface area contributed by atoms with Crippen LogP contribution in [0.1, 0.15) is 31.7 Å². The molecular weight excluding hydrogens is 250 g/mol. The highest BCUT2D eigenvalue weighted by molar-refractivity contribution is 6.17. The Balaban J connectivity index is 1.99. The minimum atomic E-state index is 0.394. The molecule has 0 amide bonds. The predicted octanol–water partition coefficient (Wildman–Crippen LogP) is 3.00. The van der Waals surface area contributed by atoms with Gasteiger partial charge in [0.05, 0.1) is 12.2 Å². The molecule has 0 bridgehead atoms. The summed E-state index contributed by atoms with van der Waals surface area (Å²) in [6.07, 6.45) is 5.13. The third-order valence-electron chi connectivity index (χ3n) is 3.53. The zero-order chi connectivity index (χ0) is 13.0. The summed E-state index contributed by atoms with van der Waals surface area (Å²) in [6, 6.07) is 0. The largest absolute Gasteiger partial charge is 0.478 e. The Bertz CT molecular complexity index is 407. The summed E-state index contributed by atoms with van der Waals surface area (Å²) < 4.78 is 5.46. The summed E-state index contributed by atoms with van der Waals surface area (Å²) in [5.74, 6) is 2.26. The smallest absolute Gasteiger partial charge is 0.221 e. The predicted molar refractivity (Wildman–Crippen MR) is 73.4 cm³/mol. The Hall–Kier alpha value is -1.03. The average Bonchev–Trinajstić information content (AvgIpc) is 3.11. The topological polar surface area (TPSA) is 47.0 Å². The second-order valence-corrected chi connectivity index (χ2v) is 5.26. The van der Waals surface area contributed by atoms with Gasteiger partial charge in [0.15, 0.2) is 0 Å². The average molecular weight is 270 g/mol. The van der Waals surface area contributed by atoms with E-state index in [0.29, 0.717) is 17.9 Å². The van der Waals surface area contributed by atoms with E-state index in [1.54, 1.807) is 6.33 Å². The maximum Gasteiger partial charge on any atom is 0.221 e. The lowest BCUT2D eigenvalue weighted by Gasteiger charge is -2.16. The van der Waals surface area contributed by atoms with Gasteiger partial charge in [-0.05, 0) is 38.5 Å². The molecule has 1 N–H and O–H groups in total. The van der Waals surface area contributed by atoms with Gasteiger partial charge in [-0.2, -0.15) is 0 Å². The monoisotopic (exact) mass is 269 g/mol. The van der Waals surface area contributed by atoms with E-state index in [2.05, 4.69) is 15.3 Å². The first-order chi connectivity index (χ1) is 8.71. The van der Waals surface area contributed by atoms with Gasteiger partial charge in [-0.15, -0.1) is 11.6 Å². The number of anilines is 1. The number of hydrogen-bond donors (Lipinski definition) is 1. The van der Waals surface area contributed by atoms with Crippen LogP contribution in [0.3, 0.4) is 0 Å². The molecular formula is C13H20ClN3O. The molecule has 0 unspecified atom stereocenters. The second-order valence-electron chi connectivity index (χ2n) is 4.88. The van der Waals surface area contributed by atoms with Gasteiger partial charge in [-0.25, -0.2) is 9.97 Å². The van der Waals surface area contributed by atoms with Crippen molar-refractivity contribution in [3.63, 3.8) is 0 Å². The number of aromatic nitrogens is 2. The van der Waals surface area contributed by atoms with Crippen molar-refractivity contribution in [1.29, 1.82) is 0 Å². The quantitative estimate of drug-likeness (QED) is 0.773. The maximum atomic E-state index is 5.83. The summed E-state index contributed by atoms with van der Waals surface area (Å²) in [6.45, 7) is 5.49. The fraction of sp³-hybridized carbons (Fsp3) is 0.692. The minimum absolute atomic E-state index is 0.394. The molecule has 1 saturated carbocycles. The van der Waals surface area contributed by atoms with Crippen LogP contribution < -0.4 is 10.1 Å². The zero-order valence-electron chi connectivity index (χ0n) is 11.0. The van der Waals surface area contributed by atoms with Crippen molar-refractivity contribution in [2.45, 2.75) is 33.1 Å². The standard InChI is InChI=1S/C13H20ClN3O/c1-3-18-12-10(2)11(16-9-17-12)15-8-13(4-5-13)6-7-14/h9H,3-8H2,1-2H3,(H,15,16,17). The molecule has 18 heavy (non-hydrogen) atoms. The highest BCUT2D eigenvalue weighted by Crippen LogP contribution is 2.49. The third-order valence-corrected chi connectivity index (χ3v) is 3.72. The Labute approximate surface area is 113 Å². The highest BCUT2D eigenvalue weighted by Gasteiger charge is 2.41. The van der Waals surface area contributed by atoms with Gasteiger partial charge in [0.2, 0.25) is 5.88 Å². The Morgan fingerprint density at radius 3 is 2.83 bits per heavy atom. The molecule has 1 aromatic heterocycles. The molecule has 1 aromatic rings. The van der Waals surface area contributed by atoms with Crippen molar-refractivity contribution < 1.29 is 4.74 Å². The van der Waals surface area contributed by atoms with E-state index < -0.39 is 0 Å². The molecule has 1 aliphatic rings. The number of rotatable bonds is 7. The first-order valence-corrected chi connectivity index (χ1v) is 6.98. The minimum Gasteiger partial charge on any atom is -0.478 e. The number of nitrogens with one attached hydrogen (secondary N) is 1. The highest BCUT2D eigenvalue weighted by atomic mass is 35.5. The van der Waals surface area contributed by atoms with Gasteiger partial charge in [-0.3, -0.25) is 0 Å². The van der Waals surface area contributed by atoms with Crippen LogP contribution in [-0.2, 0) is 0 Å². The normalized spacial score (nSPS) is 16.4. The lowest BCUT2D eigenvalue weighted by molar-refractivity contribution is 0.323. The fourth-order valence-electron chi connectivity index (χ4n) is 2.06. The molecule has 0 aromatic carbocycles. The van der Waals surface area contributed by atoms with E-state index in [4.69, 9.17) is 16.3 Å². The SMILES string of the molecule is CCOc1ncnc(NCC2(CCCl)CC2)c1C. The summed E-state index contributed by atoms with van der Waals surface area (Å²) >= 11 is 5.83. The van der Waals surface area contributed by atoms with E-state index in [1.807, 2.05) is 13.8 Å². The molecule has 1 heterocycles. The number of hydrogen-bond acceptors (Lipinski definition) is 4. The van der Waals surface area contributed by atoms with Gasteiger partial charge in [0, 0.05) is 12.4 Å². The Morgan fingerprint density at radius 1 is 1.44 bits per heavy atom. The summed E-state index contributed by atoms with van der Waals surface area (Å²) in [7, 11) is 0. The number of alkyl halides is 1. The van der Waals surface area contributed by atoms with Crippen molar-refractivity contribution in [3.05, 3.63) is 11.9 Å². The van der Waals surface area contributed by atoms with Gasteiger partial charge >= 0.3 is 0 Å². The molecule has 0 aliphatic heterocycles. The van der Waals surface area contributed by atoms with Crippen LogP contribution >= 0.6 is 11.6 Å². The number of halogens is 1. The van der Waals surface area contributed by atoms with Crippen LogP contribution in [0.15, 0.2) is 6.33 Å². The summed E-state index contributed by atoms with van der Waals surface area (Å²) in [5, 5.41) is 3.41. The molecule has 1 aliphatic carbocycles. The lowest BCUT2D eigenvalue weighted by Crippen LogP contribution is -2.17. The molecule has 100 valence electrons. The van der Waals surface area contributed by atoms with Gasteiger partial charge in [-0.1, -0.05) is 0 Å². The van der Waals surface area contributed by atoms with Crippen molar-refractivity contribution in [2.24, 2.45) is 5.41 Å². The van der Waals surface area contributed by atoms with E-state index >= 15 is 0 Å². The molecule has 2 rings (SSSR count). The van der Waals surface area contributed by atoms with E-state index in [-0.39, 0.29) is 0 Å². The van der Waals surface area contributed by atoms with Crippen LogP contribution in [0.2, 0.25) is 0 Å². The third kappa shape index (κ3) is 3.05. The van der Waals surface area contributed by atoms with E-state index in [0.717, 1.165) is 30.2 Å². The molecule has 4 nitrogen and oxygen atoms in total. The number of ether oxygens (including phenoxy) is 1. The van der Waals surface area contributed by atoms with Gasteiger partial charge < -0.3 is 10.1 Å². The molecule has 1 fully saturated rings. The fourth-order valence-corrected chi connectivity index (χ4v) is 2.46. The van der Waals surface area contributed by atoms with Crippen LogP contribution in [0.5, 0.6) is 5.88 Å².